The van der Waals surface area contributed by atoms with E-state index in [0.717, 1.165) is 16.7 Å². The van der Waals surface area contributed by atoms with Crippen molar-refractivity contribution in [1.29, 1.82) is 0 Å². The fourth-order valence-electron chi connectivity index (χ4n) is 2.98. The van der Waals surface area contributed by atoms with Gasteiger partial charge >= 0.3 is 0 Å². The molecule has 0 unspecified atom stereocenters. The van der Waals surface area contributed by atoms with E-state index >= 15 is 0 Å². The number of ketones is 1. The SMILES string of the molecule is COc1cc(C(=O)/C=C/c2ccc(OC)c(COc3ccc(Cl)c(C)c3)c2)ccc1O. The van der Waals surface area contributed by atoms with Crippen LogP contribution in [0, 0.1) is 6.92 Å². The first-order valence-corrected chi connectivity index (χ1v) is 9.94. The van der Waals surface area contributed by atoms with Gasteiger partial charge in [0.25, 0.3) is 0 Å². The number of phenolic OH excluding ortho intramolecular Hbond substituents is 1. The molecular formula is C25H23ClO5. The number of aryl methyl sites for hydroxylation is 1. The van der Waals surface area contributed by atoms with Gasteiger partial charge in [-0.25, -0.2) is 0 Å². The molecule has 0 aliphatic carbocycles. The zero-order chi connectivity index (χ0) is 22.4. The van der Waals surface area contributed by atoms with Gasteiger partial charge < -0.3 is 19.3 Å². The third kappa shape index (κ3) is 5.58. The van der Waals surface area contributed by atoms with E-state index in [1.54, 1.807) is 25.3 Å². The van der Waals surface area contributed by atoms with Gasteiger partial charge in [0.05, 0.1) is 14.2 Å². The van der Waals surface area contributed by atoms with Gasteiger partial charge in [0.15, 0.2) is 17.3 Å². The van der Waals surface area contributed by atoms with Crippen LogP contribution in [0.5, 0.6) is 23.0 Å². The number of carbonyl (C=O) groups excluding carboxylic acids is 1. The molecule has 0 fully saturated rings. The van der Waals surface area contributed by atoms with Gasteiger partial charge in [-0.2, -0.15) is 0 Å². The summed E-state index contributed by atoms with van der Waals surface area (Å²) in [4.78, 5) is 12.5. The fraction of sp³-hybridized carbons (Fsp3) is 0.160. The van der Waals surface area contributed by atoms with Crippen LogP contribution in [-0.4, -0.2) is 25.1 Å². The summed E-state index contributed by atoms with van der Waals surface area (Å²) >= 11 is 6.07. The highest BCUT2D eigenvalue weighted by Gasteiger charge is 2.09. The molecule has 0 amide bonds. The third-order valence-electron chi connectivity index (χ3n) is 4.72. The second kappa shape index (κ2) is 10.0. The lowest BCUT2D eigenvalue weighted by Gasteiger charge is -2.12. The maximum atomic E-state index is 12.5. The van der Waals surface area contributed by atoms with E-state index in [2.05, 4.69) is 0 Å². The molecule has 0 radical (unpaired) electrons. The number of hydrogen-bond donors (Lipinski definition) is 1. The average molecular weight is 439 g/mol. The highest BCUT2D eigenvalue weighted by atomic mass is 35.5. The van der Waals surface area contributed by atoms with Crippen molar-refractivity contribution < 1.29 is 24.1 Å². The van der Waals surface area contributed by atoms with E-state index < -0.39 is 0 Å². The Morgan fingerprint density at radius 1 is 1.00 bits per heavy atom. The molecule has 0 heterocycles. The van der Waals surface area contributed by atoms with Crippen molar-refractivity contribution in [1.82, 2.24) is 0 Å². The van der Waals surface area contributed by atoms with E-state index in [1.165, 1.54) is 25.3 Å². The summed E-state index contributed by atoms with van der Waals surface area (Å²) in [6.07, 6.45) is 3.19. The highest BCUT2D eigenvalue weighted by Crippen LogP contribution is 2.27. The summed E-state index contributed by atoms with van der Waals surface area (Å²) in [6.45, 7) is 2.22. The average Bonchev–Trinajstić information content (AvgIpc) is 2.78. The Hall–Kier alpha value is -3.44. The van der Waals surface area contributed by atoms with Crippen LogP contribution in [0.25, 0.3) is 6.08 Å². The van der Waals surface area contributed by atoms with Crippen LogP contribution in [0.15, 0.2) is 60.7 Å². The number of allylic oxidation sites excluding steroid dienone is 1. The Bertz CT molecular complexity index is 1120. The molecule has 0 saturated heterocycles. The molecule has 3 rings (SSSR count). The van der Waals surface area contributed by atoms with Crippen LogP contribution in [-0.2, 0) is 6.61 Å². The van der Waals surface area contributed by atoms with Gasteiger partial charge in [0, 0.05) is 16.1 Å². The van der Waals surface area contributed by atoms with E-state index in [1.807, 2.05) is 37.3 Å². The van der Waals surface area contributed by atoms with Crippen LogP contribution in [0.2, 0.25) is 5.02 Å². The molecule has 1 N–H and O–H groups in total. The monoisotopic (exact) mass is 438 g/mol. The quantitative estimate of drug-likeness (QED) is 0.353. The lowest BCUT2D eigenvalue weighted by molar-refractivity contribution is 0.104. The first kappa shape index (κ1) is 22.2. The maximum absolute atomic E-state index is 12.5. The Balaban J connectivity index is 1.76. The molecule has 6 heteroatoms. The fourth-order valence-corrected chi connectivity index (χ4v) is 3.10. The second-order valence-corrected chi connectivity index (χ2v) is 7.26. The predicted octanol–water partition coefficient (Wildman–Crippen LogP) is 5.85. The molecule has 160 valence electrons. The summed E-state index contributed by atoms with van der Waals surface area (Å²) in [7, 11) is 3.04. The molecule has 0 spiro atoms. The van der Waals surface area contributed by atoms with Gasteiger partial charge in [0.1, 0.15) is 18.1 Å². The molecule has 0 aliphatic heterocycles. The van der Waals surface area contributed by atoms with Gasteiger partial charge in [-0.3, -0.25) is 4.79 Å². The van der Waals surface area contributed by atoms with Crippen molar-refractivity contribution in [3.63, 3.8) is 0 Å². The number of carbonyl (C=O) groups is 1. The lowest BCUT2D eigenvalue weighted by atomic mass is 10.1. The maximum Gasteiger partial charge on any atom is 0.185 e. The van der Waals surface area contributed by atoms with Gasteiger partial charge in [-0.15, -0.1) is 0 Å². The minimum absolute atomic E-state index is 0.0151. The van der Waals surface area contributed by atoms with Crippen LogP contribution in [0.3, 0.4) is 0 Å². The number of rotatable bonds is 8. The van der Waals surface area contributed by atoms with Gasteiger partial charge in [-0.05, 0) is 72.7 Å². The molecule has 0 saturated carbocycles. The summed E-state index contributed by atoms with van der Waals surface area (Å²) in [5.74, 6) is 1.43. The summed E-state index contributed by atoms with van der Waals surface area (Å²) < 4.78 is 16.4. The first-order valence-electron chi connectivity index (χ1n) is 9.56. The Morgan fingerprint density at radius 3 is 2.48 bits per heavy atom. The van der Waals surface area contributed by atoms with Crippen LogP contribution in [0.1, 0.15) is 27.0 Å². The van der Waals surface area contributed by atoms with Crippen LogP contribution >= 0.6 is 11.6 Å². The number of phenols is 1. The van der Waals surface area contributed by atoms with Crippen molar-refractivity contribution in [2.24, 2.45) is 0 Å². The van der Waals surface area contributed by atoms with E-state index in [9.17, 15) is 9.90 Å². The van der Waals surface area contributed by atoms with E-state index in [0.29, 0.717) is 28.7 Å². The van der Waals surface area contributed by atoms with E-state index in [4.69, 9.17) is 25.8 Å². The predicted molar refractivity (Wildman–Crippen MR) is 122 cm³/mol. The van der Waals surface area contributed by atoms with Crippen molar-refractivity contribution in [2.45, 2.75) is 13.5 Å². The number of ether oxygens (including phenoxy) is 3. The largest absolute Gasteiger partial charge is 0.504 e. The Labute approximate surface area is 186 Å². The highest BCUT2D eigenvalue weighted by molar-refractivity contribution is 6.31. The number of hydrogen-bond acceptors (Lipinski definition) is 5. The zero-order valence-electron chi connectivity index (χ0n) is 17.5. The van der Waals surface area contributed by atoms with Crippen molar-refractivity contribution >= 4 is 23.5 Å². The standard InChI is InChI=1S/C25H23ClO5/c1-16-12-20(7-8-21(16)26)31-15-19-13-17(5-11-24(19)29-2)4-9-22(27)18-6-10-23(28)25(14-18)30-3/h4-14,28H,15H2,1-3H3/b9-4+. The number of aromatic hydroxyl groups is 1. The molecule has 0 bridgehead atoms. The van der Waals surface area contributed by atoms with E-state index in [-0.39, 0.29) is 17.3 Å². The minimum Gasteiger partial charge on any atom is -0.504 e. The van der Waals surface area contributed by atoms with Crippen molar-refractivity contribution in [2.75, 3.05) is 14.2 Å². The molecule has 3 aromatic rings. The molecule has 0 aliphatic rings. The Morgan fingerprint density at radius 2 is 1.77 bits per heavy atom. The summed E-state index contributed by atoms with van der Waals surface area (Å²) in [5.41, 5.74) is 3.02. The van der Waals surface area contributed by atoms with Gasteiger partial charge in [0.2, 0.25) is 0 Å². The smallest absolute Gasteiger partial charge is 0.185 e. The number of methoxy groups -OCH3 is 2. The molecule has 31 heavy (non-hydrogen) atoms. The topological polar surface area (TPSA) is 65.0 Å². The second-order valence-electron chi connectivity index (χ2n) is 6.86. The molecule has 5 nitrogen and oxygen atoms in total. The summed E-state index contributed by atoms with van der Waals surface area (Å²) in [6, 6.07) is 15.6. The van der Waals surface area contributed by atoms with Crippen molar-refractivity contribution in [3.05, 3.63) is 87.9 Å². The normalized spacial score (nSPS) is 10.8. The number of halogens is 1. The first-order chi connectivity index (χ1) is 14.9. The lowest BCUT2D eigenvalue weighted by Crippen LogP contribution is -2.00. The van der Waals surface area contributed by atoms with Crippen LogP contribution < -0.4 is 14.2 Å². The third-order valence-corrected chi connectivity index (χ3v) is 5.14. The Kier molecular flexibility index (Phi) is 7.21. The summed E-state index contributed by atoms with van der Waals surface area (Å²) in [5, 5.41) is 10.4. The number of benzene rings is 3. The molecular weight excluding hydrogens is 416 g/mol. The zero-order valence-corrected chi connectivity index (χ0v) is 18.3. The molecule has 0 atom stereocenters. The van der Waals surface area contributed by atoms with Crippen molar-refractivity contribution in [3.8, 4) is 23.0 Å². The molecule has 0 aromatic heterocycles. The van der Waals surface area contributed by atoms with Crippen LogP contribution in [0.4, 0.5) is 0 Å². The minimum atomic E-state index is -0.205. The molecule has 3 aromatic carbocycles. The van der Waals surface area contributed by atoms with Gasteiger partial charge in [-0.1, -0.05) is 23.7 Å².